The van der Waals surface area contributed by atoms with Crippen molar-refractivity contribution in [3.63, 3.8) is 0 Å². The first kappa shape index (κ1) is 13.3. The molecule has 0 aliphatic heterocycles. The molecule has 1 aromatic rings. The number of aromatic nitrogens is 1. The van der Waals surface area contributed by atoms with Crippen molar-refractivity contribution < 1.29 is 25.0 Å². The van der Waals surface area contributed by atoms with Crippen LogP contribution in [-0.4, -0.2) is 37.3 Å². The molecule has 0 saturated carbocycles. The predicted octanol–water partition coefficient (Wildman–Crippen LogP) is 0.122. The van der Waals surface area contributed by atoms with Crippen molar-refractivity contribution in [3.8, 4) is 0 Å². The average Bonchev–Trinajstić information content (AvgIpc) is 2.27. The summed E-state index contributed by atoms with van der Waals surface area (Å²) in [6.07, 6.45) is -2.97. The molecule has 1 heterocycles. The molecule has 3 N–H and O–H groups in total. The van der Waals surface area contributed by atoms with Crippen molar-refractivity contribution in [2.75, 3.05) is 0 Å². The van der Waals surface area contributed by atoms with Crippen molar-refractivity contribution in [2.24, 2.45) is 0 Å². The van der Waals surface area contributed by atoms with Gasteiger partial charge in [0.2, 0.25) is 5.15 Å². The normalized spacial score (nSPS) is 14.1. The number of carboxylic acid groups (broad SMARTS) is 1. The van der Waals surface area contributed by atoms with Crippen molar-refractivity contribution in [1.82, 2.24) is 4.98 Å². The standard InChI is InChI=1S/C8H7ClN2O6/c9-7-4(11(16)17)1-3(2-10-7)5(12)6(13)8(14)15/h1-2,5-6,12-13H,(H,14,15). The molecule has 8 nitrogen and oxygen atoms in total. The number of aliphatic hydroxyl groups excluding tert-OH is 2. The fourth-order valence-electron chi connectivity index (χ4n) is 1.06. The molecule has 2 unspecified atom stereocenters. The Balaban J connectivity index is 3.11. The molecule has 92 valence electrons. The average molecular weight is 263 g/mol. The highest BCUT2D eigenvalue weighted by molar-refractivity contribution is 6.31. The number of pyridine rings is 1. The summed E-state index contributed by atoms with van der Waals surface area (Å²) in [5.74, 6) is -1.66. The number of hydrogen-bond donors (Lipinski definition) is 3. The number of nitrogens with zero attached hydrogens (tertiary/aromatic N) is 2. The van der Waals surface area contributed by atoms with E-state index >= 15 is 0 Å². The molecule has 0 saturated heterocycles. The zero-order chi connectivity index (χ0) is 13.2. The van der Waals surface area contributed by atoms with E-state index in [0.717, 1.165) is 12.3 Å². The maximum absolute atomic E-state index is 10.5. The minimum absolute atomic E-state index is 0.212. The van der Waals surface area contributed by atoms with Gasteiger partial charge in [0.1, 0.15) is 6.10 Å². The fourth-order valence-corrected chi connectivity index (χ4v) is 1.23. The van der Waals surface area contributed by atoms with Gasteiger partial charge < -0.3 is 15.3 Å². The molecule has 9 heteroatoms. The molecule has 2 atom stereocenters. The van der Waals surface area contributed by atoms with E-state index in [1.165, 1.54) is 0 Å². The second-order valence-corrected chi connectivity index (χ2v) is 3.42. The summed E-state index contributed by atoms with van der Waals surface area (Å²) in [5.41, 5.74) is -0.795. The summed E-state index contributed by atoms with van der Waals surface area (Å²) in [5, 5.41) is 37.1. The van der Waals surface area contributed by atoms with Gasteiger partial charge in [-0.2, -0.15) is 0 Å². The Bertz CT molecular complexity index is 465. The van der Waals surface area contributed by atoms with E-state index in [4.69, 9.17) is 21.8 Å². The van der Waals surface area contributed by atoms with Crippen LogP contribution in [0.4, 0.5) is 5.69 Å². The minimum Gasteiger partial charge on any atom is -0.479 e. The second kappa shape index (κ2) is 5.04. The Kier molecular flexibility index (Phi) is 3.94. The van der Waals surface area contributed by atoms with Gasteiger partial charge in [-0.15, -0.1) is 0 Å². The minimum atomic E-state index is -2.10. The van der Waals surface area contributed by atoms with E-state index in [1.807, 2.05) is 0 Å². The molecule has 0 fully saturated rings. The van der Waals surface area contributed by atoms with Gasteiger partial charge in [-0.3, -0.25) is 10.1 Å². The Morgan fingerprint density at radius 3 is 2.59 bits per heavy atom. The zero-order valence-corrected chi connectivity index (χ0v) is 8.90. The molecule has 0 bridgehead atoms. The first-order chi connectivity index (χ1) is 7.84. The van der Waals surface area contributed by atoms with Gasteiger partial charge in [0, 0.05) is 17.8 Å². The van der Waals surface area contributed by atoms with E-state index < -0.39 is 33.9 Å². The highest BCUT2D eigenvalue weighted by atomic mass is 35.5. The van der Waals surface area contributed by atoms with Crippen LogP contribution in [0, 0.1) is 10.1 Å². The van der Waals surface area contributed by atoms with Crippen LogP contribution in [0.15, 0.2) is 12.3 Å². The van der Waals surface area contributed by atoms with Gasteiger partial charge in [-0.1, -0.05) is 11.6 Å². The molecule has 0 spiro atoms. The van der Waals surface area contributed by atoms with Gasteiger partial charge in [0.05, 0.1) is 4.92 Å². The van der Waals surface area contributed by atoms with Gasteiger partial charge in [-0.25, -0.2) is 9.78 Å². The number of carbonyl (C=O) groups is 1. The van der Waals surface area contributed by atoms with Gasteiger partial charge in [0.15, 0.2) is 6.10 Å². The molecular weight excluding hydrogens is 256 g/mol. The van der Waals surface area contributed by atoms with Gasteiger partial charge >= 0.3 is 11.7 Å². The maximum atomic E-state index is 10.5. The Labute approximate surface area is 99.2 Å². The molecule has 17 heavy (non-hydrogen) atoms. The van der Waals surface area contributed by atoms with Gasteiger partial charge in [-0.05, 0) is 0 Å². The summed E-state index contributed by atoms with van der Waals surface area (Å²) in [6, 6.07) is 0.853. The lowest BCUT2D eigenvalue weighted by molar-refractivity contribution is -0.385. The van der Waals surface area contributed by atoms with E-state index in [0.29, 0.717) is 0 Å². The molecule has 0 aliphatic carbocycles. The van der Waals surface area contributed by atoms with E-state index in [9.17, 15) is 20.0 Å². The van der Waals surface area contributed by atoms with Crippen LogP contribution >= 0.6 is 11.6 Å². The molecule has 0 aliphatic rings. The first-order valence-corrected chi connectivity index (χ1v) is 4.61. The quantitative estimate of drug-likeness (QED) is 0.398. The smallest absolute Gasteiger partial charge is 0.335 e. The number of rotatable bonds is 4. The van der Waals surface area contributed by atoms with Crippen LogP contribution in [0.3, 0.4) is 0 Å². The summed E-state index contributed by atoms with van der Waals surface area (Å²) < 4.78 is 0. The van der Waals surface area contributed by atoms with Crippen molar-refractivity contribution in [1.29, 1.82) is 0 Å². The van der Waals surface area contributed by atoms with Crippen LogP contribution in [-0.2, 0) is 4.79 Å². The maximum Gasteiger partial charge on any atom is 0.335 e. The monoisotopic (exact) mass is 262 g/mol. The van der Waals surface area contributed by atoms with Crippen molar-refractivity contribution in [2.45, 2.75) is 12.2 Å². The lowest BCUT2D eigenvalue weighted by atomic mass is 10.1. The third-order valence-electron chi connectivity index (χ3n) is 1.93. The number of aliphatic carboxylic acids is 1. The second-order valence-electron chi connectivity index (χ2n) is 3.06. The number of halogens is 1. The van der Waals surface area contributed by atoms with E-state index in [2.05, 4.69) is 4.98 Å². The van der Waals surface area contributed by atoms with Crippen LogP contribution in [0.5, 0.6) is 0 Å². The van der Waals surface area contributed by atoms with Crippen molar-refractivity contribution in [3.05, 3.63) is 33.1 Å². The fraction of sp³-hybridized carbons (Fsp3) is 0.250. The molecule has 0 amide bonds. The summed E-state index contributed by atoms with van der Waals surface area (Å²) in [4.78, 5) is 23.5. The number of aliphatic hydroxyl groups is 2. The Morgan fingerprint density at radius 2 is 2.12 bits per heavy atom. The number of carboxylic acids is 1. The number of hydrogen-bond acceptors (Lipinski definition) is 6. The lowest BCUT2D eigenvalue weighted by Gasteiger charge is -2.13. The van der Waals surface area contributed by atoms with Crippen LogP contribution in [0.25, 0.3) is 0 Å². The SMILES string of the molecule is O=C(O)C(O)C(O)c1cnc(Cl)c([N+](=O)[O-])c1. The highest BCUT2D eigenvalue weighted by Crippen LogP contribution is 2.26. The van der Waals surface area contributed by atoms with Crippen LogP contribution < -0.4 is 0 Å². The largest absolute Gasteiger partial charge is 0.479 e. The molecule has 0 radical (unpaired) electrons. The Hall–Kier alpha value is -1.77. The molecule has 0 aromatic carbocycles. The molecule has 1 rings (SSSR count). The van der Waals surface area contributed by atoms with E-state index in [-0.39, 0.29) is 5.56 Å². The van der Waals surface area contributed by atoms with E-state index in [1.54, 1.807) is 0 Å². The lowest BCUT2D eigenvalue weighted by Crippen LogP contribution is -2.27. The topological polar surface area (TPSA) is 134 Å². The van der Waals surface area contributed by atoms with Gasteiger partial charge in [0.25, 0.3) is 0 Å². The summed E-state index contributed by atoms with van der Waals surface area (Å²) in [6.45, 7) is 0. The predicted molar refractivity (Wildman–Crippen MR) is 54.5 cm³/mol. The van der Waals surface area contributed by atoms with Crippen LogP contribution in [0.2, 0.25) is 5.15 Å². The third kappa shape index (κ3) is 2.87. The first-order valence-electron chi connectivity index (χ1n) is 4.23. The van der Waals surface area contributed by atoms with Crippen molar-refractivity contribution >= 4 is 23.3 Å². The molecular formula is C8H7ClN2O6. The van der Waals surface area contributed by atoms with Crippen LogP contribution in [0.1, 0.15) is 11.7 Å². The number of nitro groups is 1. The highest BCUT2D eigenvalue weighted by Gasteiger charge is 2.27. The third-order valence-corrected chi connectivity index (χ3v) is 2.22. The summed E-state index contributed by atoms with van der Waals surface area (Å²) in [7, 11) is 0. The Morgan fingerprint density at radius 1 is 1.53 bits per heavy atom. The molecule has 1 aromatic heterocycles. The zero-order valence-electron chi connectivity index (χ0n) is 8.15. The summed E-state index contributed by atoms with van der Waals surface area (Å²) >= 11 is 5.42.